The number of nitrogens with one attached hydrogen (secondary N) is 2. The smallest absolute Gasteiger partial charge is 0.276 e. The van der Waals surface area contributed by atoms with Crippen LogP contribution in [0.4, 0.5) is 0 Å². The van der Waals surface area contributed by atoms with Crippen molar-refractivity contribution in [3.05, 3.63) is 45.7 Å². The Hall–Kier alpha value is -3.10. The number of aromatic nitrogens is 2. The van der Waals surface area contributed by atoms with Crippen LogP contribution in [0.3, 0.4) is 0 Å². The number of fused-ring (bicyclic) bond motifs is 1. The van der Waals surface area contributed by atoms with Gasteiger partial charge in [0, 0.05) is 43.4 Å². The molecule has 2 aromatic heterocycles. The predicted molar refractivity (Wildman–Crippen MR) is 103 cm³/mol. The van der Waals surface area contributed by atoms with E-state index in [2.05, 4.69) is 15.5 Å². The van der Waals surface area contributed by atoms with Crippen LogP contribution in [0.15, 0.2) is 27.6 Å². The Labute approximate surface area is 167 Å². The number of likely N-dealkylation sites (tertiary alicyclic amines) is 1. The Bertz CT molecular complexity index is 981. The maximum absolute atomic E-state index is 12.7. The standard InChI is InChI=1S/C20H24N4O5/c1-11-6-16(23-29-11)20(27)24-9-12-4-3-5-14(13(12)10-24)22-19(26)15-7-17(25)18(28-2)8-21-15/h6-8,12-14H,3-5,9-10H2,1-2H3,(H,21,25)(H,22,26)/t12-,13+,14-/m0/s1. The van der Waals surface area contributed by atoms with Gasteiger partial charge in [-0.1, -0.05) is 11.6 Å². The number of pyridine rings is 1. The predicted octanol–water partition coefficient (Wildman–Crippen LogP) is 1.35. The summed E-state index contributed by atoms with van der Waals surface area (Å²) in [4.78, 5) is 41.9. The summed E-state index contributed by atoms with van der Waals surface area (Å²) in [6.07, 6.45) is 4.24. The molecule has 0 aromatic carbocycles. The molecule has 154 valence electrons. The zero-order chi connectivity index (χ0) is 20.5. The number of ether oxygens (including phenoxy) is 1. The Morgan fingerprint density at radius 3 is 2.83 bits per heavy atom. The number of amides is 2. The zero-order valence-corrected chi connectivity index (χ0v) is 16.4. The van der Waals surface area contributed by atoms with Crippen molar-refractivity contribution < 1.29 is 18.8 Å². The molecule has 2 aromatic rings. The molecule has 1 saturated carbocycles. The highest BCUT2D eigenvalue weighted by molar-refractivity contribution is 5.93. The average molecular weight is 400 g/mol. The lowest BCUT2D eigenvalue weighted by Crippen LogP contribution is -2.45. The quantitative estimate of drug-likeness (QED) is 0.800. The molecule has 2 fully saturated rings. The SMILES string of the molecule is COc1c[nH]c(C(=O)N[C@H]2CCC[C@H]3CN(C(=O)c4cc(C)on4)C[C@H]32)cc1=O. The number of methoxy groups -OCH3 is 1. The van der Waals surface area contributed by atoms with Crippen molar-refractivity contribution in [2.45, 2.75) is 32.2 Å². The largest absolute Gasteiger partial charge is 0.491 e. The fourth-order valence-electron chi connectivity index (χ4n) is 4.44. The van der Waals surface area contributed by atoms with E-state index in [1.54, 1.807) is 17.9 Å². The fraction of sp³-hybridized carbons (Fsp3) is 0.500. The first kappa shape index (κ1) is 19.2. The third kappa shape index (κ3) is 3.76. The fourth-order valence-corrected chi connectivity index (χ4v) is 4.44. The van der Waals surface area contributed by atoms with Crippen LogP contribution in [-0.2, 0) is 0 Å². The van der Waals surface area contributed by atoms with Crippen molar-refractivity contribution in [2.75, 3.05) is 20.2 Å². The number of rotatable bonds is 4. The van der Waals surface area contributed by atoms with E-state index >= 15 is 0 Å². The van der Waals surface area contributed by atoms with Crippen molar-refractivity contribution in [2.24, 2.45) is 11.8 Å². The summed E-state index contributed by atoms with van der Waals surface area (Å²) in [5, 5.41) is 6.88. The minimum Gasteiger partial charge on any atom is -0.491 e. The highest BCUT2D eigenvalue weighted by atomic mass is 16.5. The van der Waals surface area contributed by atoms with Crippen LogP contribution in [0.1, 0.15) is 46.0 Å². The van der Waals surface area contributed by atoms with E-state index in [9.17, 15) is 14.4 Å². The van der Waals surface area contributed by atoms with Crippen LogP contribution >= 0.6 is 0 Å². The lowest BCUT2D eigenvalue weighted by atomic mass is 9.78. The first-order valence-electron chi connectivity index (χ1n) is 9.76. The molecule has 29 heavy (non-hydrogen) atoms. The van der Waals surface area contributed by atoms with Crippen molar-refractivity contribution in [3.8, 4) is 5.75 Å². The number of aryl methyl sites for hydroxylation is 1. The van der Waals surface area contributed by atoms with Crippen LogP contribution in [0.25, 0.3) is 0 Å². The molecule has 3 atom stereocenters. The van der Waals surface area contributed by atoms with Gasteiger partial charge >= 0.3 is 0 Å². The third-order valence-corrected chi connectivity index (χ3v) is 5.89. The lowest BCUT2D eigenvalue weighted by molar-refractivity contribution is 0.0772. The van der Waals surface area contributed by atoms with Crippen molar-refractivity contribution in [3.63, 3.8) is 0 Å². The molecular formula is C20H24N4O5. The molecule has 0 spiro atoms. The summed E-state index contributed by atoms with van der Waals surface area (Å²) in [5.41, 5.74) is 0.165. The summed E-state index contributed by atoms with van der Waals surface area (Å²) in [5.74, 6) is 0.805. The van der Waals surface area contributed by atoms with Gasteiger partial charge in [0.15, 0.2) is 11.4 Å². The van der Waals surface area contributed by atoms with E-state index in [0.717, 1.165) is 19.3 Å². The second-order valence-electron chi connectivity index (χ2n) is 7.75. The van der Waals surface area contributed by atoms with Crippen molar-refractivity contribution in [1.29, 1.82) is 0 Å². The summed E-state index contributed by atoms with van der Waals surface area (Å²) < 4.78 is 9.95. The second kappa shape index (κ2) is 7.73. The monoisotopic (exact) mass is 400 g/mol. The molecule has 0 bridgehead atoms. The molecule has 9 heteroatoms. The molecule has 1 aliphatic carbocycles. The third-order valence-electron chi connectivity index (χ3n) is 5.89. The van der Waals surface area contributed by atoms with E-state index in [4.69, 9.17) is 9.26 Å². The first-order valence-corrected chi connectivity index (χ1v) is 9.76. The van der Waals surface area contributed by atoms with Gasteiger partial charge < -0.3 is 24.5 Å². The normalized spacial score (nSPS) is 23.5. The molecule has 9 nitrogen and oxygen atoms in total. The van der Waals surface area contributed by atoms with E-state index < -0.39 is 0 Å². The Morgan fingerprint density at radius 1 is 1.31 bits per heavy atom. The highest BCUT2D eigenvalue weighted by Gasteiger charge is 2.43. The van der Waals surface area contributed by atoms with Gasteiger partial charge in [-0.25, -0.2) is 0 Å². The Morgan fingerprint density at radius 2 is 2.14 bits per heavy atom. The van der Waals surface area contributed by atoms with Crippen LogP contribution in [-0.4, -0.2) is 53.1 Å². The number of nitrogens with zero attached hydrogens (tertiary/aromatic N) is 2. The Balaban J connectivity index is 1.45. The maximum Gasteiger partial charge on any atom is 0.276 e. The van der Waals surface area contributed by atoms with Gasteiger partial charge in [0.2, 0.25) is 5.43 Å². The van der Waals surface area contributed by atoms with Crippen molar-refractivity contribution in [1.82, 2.24) is 20.4 Å². The number of H-pyrrole nitrogens is 1. The van der Waals surface area contributed by atoms with E-state index in [1.165, 1.54) is 19.4 Å². The number of carbonyl (C=O) groups excluding carboxylic acids is 2. The molecule has 2 amide bonds. The molecule has 3 heterocycles. The lowest BCUT2D eigenvalue weighted by Gasteiger charge is -2.33. The average Bonchev–Trinajstić information content (AvgIpc) is 3.34. The summed E-state index contributed by atoms with van der Waals surface area (Å²) in [6.45, 7) is 2.98. The van der Waals surface area contributed by atoms with Crippen LogP contribution < -0.4 is 15.5 Å². The maximum atomic E-state index is 12.7. The van der Waals surface area contributed by atoms with Gasteiger partial charge in [-0.3, -0.25) is 14.4 Å². The molecule has 1 aliphatic heterocycles. The van der Waals surface area contributed by atoms with Crippen molar-refractivity contribution >= 4 is 11.8 Å². The van der Waals surface area contributed by atoms with Gasteiger partial charge in [0.25, 0.3) is 11.8 Å². The van der Waals surface area contributed by atoms with Gasteiger partial charge in [0.05, 0.1) is 7.11 Å². The number of aromatic amines is 1. The van der Waals surface area contributed by atoms with Crippen LogP contribution in [0.5, 0.6) is 5.75 Å². The molecule has 0 unspecified atom stereocenters. The molecule has 4 rings (SSSR count). The summed E-state index contributed by atoms with van der Waals surface area (Å²) in [6, 6.07) is 2.83. The van der Waals surface area contributed by atoms with Crippen LogP contribution in [0, 0.1) is 18.8 Å². The summed E-state index contributed by atoms with van der Waals surface area (Å²) in [7, 11) is 1.40. The van der Waals surface area contributed by atoms with Gasteiger partial charge in [-0.2, -0.15) is 0 Å². The minimum absolute atomic E-state index is 0.0521. The van der Waals surface area contributed by atoms with E-state index in [0.29, 0.717) is 30.5 Å². The molecule has 1 saturated heterocycles. The highest BCUT2D eigenvalue weighted by Crippen LogP contribution is 2.37. The number of hydrogen-bond acceptors (Lipinski definition) is 6. The van der Waals surface area contributed by atoms with E-state index in [-0.39, 0.29) is 40.6 Å². The summed E-state index contributed by atoms with van der Waals surface area (Å²) >= 11 is 0. The van der Waals surface area contributed by atoms with Gasteiger partial charge in [0.1, 0.15) is 11.5 Å². The van der Waals surface area contributed by atoms with Gasteiger partial charge in [-0.05, 0) is 25.7 Å². The number of carbonyl (C=O) groups is 2. The minimum atomic E-state index is -0.349. The second-order valence-corrected chi connectivity index (χ2v) is 7.75. The number of hydrogen-bond donors (Lipinski definition) is 2. The van der Waals surface area contributed by atoms with Crippen LogP contribution in [0.2, 0.25) is 0 Å². The van der Waals surface area contributed by atoms with E-state index in [1.807, 2.05) is 0 Å². The first-order chi connectivity index (χ1) is 14.0. The molecule has 2 N–H and O–H groups in total. The molecule has 2 aliphatic rings. The Kier molecular flexibility index (Phi) is 5.12. The topological polar surface area (TPSA) is 118 Å². The zero-order valence-electron chi connectivity index (χ0n) is 16.4. The molecular weight excluding hydrogens is 376 g/mol. The molecule has 0 radical (unpaired) electrons. The van der Waals surface area contributed by atoms with Gasteiger partial charge in [-0.15, -0.1) is 0 Å².